The van der Waals surface area contributed by atoms with E-state index in [2.05, 4.69) is 32.3 Å². The van der Waals surface area contributed by atoms with E-state index in [1.807, 2.05) is 20.0 Å². The molecule has 2 aromatic rings. The summed E-state index contributed by atoms with van der Waals surface area (Å²) in [6.45, 7) is 8.84. The summed E-state index contributed by atoms with van der Waals surface area (Å²) in [6, 6.07) is 4.15. The number of nitrogens with one attached hydrogen (secondary N) is 1. The number of carbonyl (C=O) groups excluding carboxylic acids is 1. The number of carbonyl (C=O) groups is 1. The molecular formula is C17H22N4O2S. The molecule has 0 saturated carbocycles. The molecule has 6 nitrogen and oxygen atoms in total. The van der Waals surface area contributed by atoms with Gasteiger partial charge in [-0.2, -0.15) is 0 Å². The number of ether oxygens (including phenoxy) is 1. The number of aryl methyl sites for hydroxylation is 2. The first kappa shape index (κ1) is 17.0. The van der Waals surface area contributed by atoms with Gasteiger partial charge >= 0.3 is 0 Å². The zero-order valence-electron chi connectivity index (χ0n) is 14.2. The smallest absolute Gasteiger partial charge is 0.223 e. The first-order valence-electron chi connectivity index (χ1n) is 7.98. The number of aromatic nitrogens is 2. The van der Waals surface area contributed by atoms with E-state index >= 15 is 0 Å². The fourth-order valence-corrected chi connectivity index (χ4v) is 3.69. The predicted octanol–water partition coefficient (Wildman–Crippen LogP) is 2.51. The Morgan fingerprint density at radius 2 is 2.08 bits per heavy atom. The van der Waals surface area contributed by atoms with Crippen molar-refractivity contribution in [3.63, 3.8) is 0 Å². The number of likely N-dealkylation sites (tertiary alicyclic amines) is 1. The number of thiazole rings is 1. The van der Waals surface area contributed by atoms with Gasteiger partial charge in [0.05, 0.1) is 12.7 Å². The van der Waals surface area contributed by atoms with Crippen molar-refractivity contribution in [2.45, 2.75) is 40.0 Å². The number of pyridine rings is 1. The molecule has 0 spiro atoms. The zero-order chi connectivity index (χ0) is 17.1. The molecular weight excluding hydrogens is 324 g/mol. The lowest BCUT2D eigenvalue weighted by molar-refractivity contribution is -0.114. The van der Waals surface area contributed by atoms with Crippen molar-refractivity contribution in [1.82, 2.24) is 14.9 Å². The lowest BCUT2D eigenvalue weighted by Gasteiger charge is -2.38. The van der Waals surface area contributed by atoms with Gasteiger partial charge in [0.25, 0.3) is 0 Å². The molecule has 24 heavy (non-hydrogen) atoms. The second-order valence-electron chi connectivity index (χ2n) is 6.20. The normalized spacial score (nSPS) is 15.3. The molecule has 7 heteroatoms. The number of hydrogen-bond acceptors (Lipinski definition) is 6. The van der Waals surface area contributed by atoms with E-state index in [0.717, 1.165) is 35.9 Å². The van der Waals surface area contributed by atoms with E-state index < -0.39 is 0 Å². The quantitative estimate of drug-likeness (QED) is 0.870. The van der Waals surface area contributed by atoms with E-state index in [9.17, 15) is 4.79 Å². The summed E-state index contributed by atoms with van der Waals surface area (Å²) in [4.78, 5) is 23.1. The lowest BCUT2D eigenvalue weighted by Crippen LogP contribution is -2.51. The third-order valence-electron chi connectivity index (χ3n) is 3.77. The fourth-order valence-electron chi connectivity index (χ4n) is 2.78. The van der Waals surface area contributed by atoms with Gasteiger partial charge in [-0.05, 0) is 31.5 Å². The van der Waals surface area contributed by atoms with Gasteiger partial charge in [0, 0.05) is 49.0 Å². The highest BCUT2D eigenvalue weighted by Crippen LogP contribution is 2.23. The number of nitrogens with zero attached hydrogens (tertiary/aromatic N) is 3. The van der Waals surface area contributed by atoms with Crippen LogP contribution in [0.2, 0.25) is 0 Å². The number of rotatable bonds is 6. The van der Waals surface area contributed by atoms with Crippen molar-refractivity contribution in [3.8, 4) is 0 Å². The number of amides is 1. The van der Waals surface area contributed by atoms with E-state index in [0.29, 0.717) is 11.7 Å². The molecule has 1 saturated heterocycles. The first-order chi connectivity index (χ1) is 11.5. The summed E-state index contributed by atoms with van der Waals surface area (Å²) < 4.78 is 5.96. The fraction of sp³-hybridized carbons (Fsp3) is 0.471. The van der Waals surface area contributed by atoms with Crippen LogP contribution in [0.4, 0.5) is 5.13 Å². The summed E-state index contributed by atoms with van der Waals surface area (Å²) in [5.41, 5.74) is 3.24. The molecule has 0 bridgehead atoms. The molecule has 1 aliphatic rings. The average molecular weight is 346 g/mol. The Morgan fingerprint density at radius 1 is 1.38 bits per heavy atom. The second-order valence-corrected chi connectivity index (χ2v) is 7.31. The maximum Gasteiger partial charge on any atom is 0.223 e. The van der Waals surface area contributed by atoms with Crippen LogP contribution in [0.25, 0.3) is 0 Å². The van der Waals surface area contributed by atoms with Crippen molar-refractivity contribution in [1.29, 1.82) is 0 Å². The van der Waals surface area contributed by atoms with Crippen LogP contribution in [0.3, 0.4) is 0 Å². The van der Waals surface area contributed by atoms with Crippen molar-refractivity contribution in [2.24, 2.45) is 0 Å². The van der Waals surface area contributed by atoms with Crippen LogP contribution in [-0.4, -0.2) is 40.0 Å². The van der Waals surface area contributed by atoms with Gasteiger partial charge in [-0.15, -0.1) is 11.3 Å². The SMILES string of the molecule is CC(=O)Nc1ncc(CN2CC(OCc3cc(C)nc(C)c3)C2)s1. The van der Waals surface area contributed by atoms with Crippen molar-refractivity contribution in [3.05, 3.63) is 40.2 Å². The van der Waals surface area contributed by atoms with Crippen LogP contribution in [-0.2, 0) is 22.7 Å². The maximum atomic E-state index is 11.0. The molecule has 3 rings (SSSR count). The topological polar surface area (TPSA) is 67.4 Å². The molecule has 1 fully saturated rings. The summed E-state index contributed by atoms with van der Waals surface area (Å²) in [6.07, 6.45) is 2.11. The Labute approximate surface area is 145 Å². The lowest BCUT2D eigenvalue weighted by atomic mass is 10.1. The summed E-state index contributed by atoms with van der Waals surface area (Å²) >= 11 is 1.52. The van der Waals surface area contributed by atoms with Crippen LogP contribution in [0, 0.1) is 13.8 Å². The van der Waals surface area contributed by atoms with Crippen LogP contribution in [0.1, 0.15) is 28.8 Å². The van der Waals surface area contributed by atoms with Gasteiger partial charge in [0.2, 0.25) is 5.91 Å². The predicted molar refractivity (Wildman–Crippen MR) is 94.0 cm³/mol. The standard InChI is InChI=1S/C17H22N4O2S/c1-11-4-14(5-12(2)19-11)10-23-15-7-21(8-15)9-16-6-18-17(24-16)20-13(3)22/h4-6,15H,7-10H2,1-3H3,(H,18,20,22). The van der Waals surface area contributed by atoms with Crippen molar-refractivity contribution in [2.75, 3.05) is 18.4 Å². The first-order valence-corrected chi connectivity index (χ1v) is 8.80. The zero-order valence-corrected chi connectivity index (χ0v) is 15.0. The summed E-state index contributed by atoms with van der Waals surface area (Å²) in [5.74, 6) is -0.0881. The Kier molecular flexibility index (Phi) is 5.23. The van der Waals surface area contributed by atoms with Crippen LogP contribution < -0.4 is 5.32 Å². The molecule has 1 N–H and O–H groups in total. The van der Waals surface area contributed by atoms with Crippen molar-refractivity contribution >= 4 is 22.4 Å². The molecule has 0 aliphatic carbocycles. The Morgan fingerprint density at radius 3 is 2.75 bits per heavy atom. The molecule has 3 heterocycles. The third-order valence-corrected chi connectivity index (χ3v) is 4.66. The summed E-state index contributed by atoms with van der Waals surface area (Å²) in [5, 5.41) is 3.37. The van der Waals surface area contributed by atoms with Gasteiger partial charge in [-0.3, -0.25) is 14.7 Å². The highest BCUT2D eigenvalue weighted by atomic mass is 32.1. The monoisotopic (exact) mass is 346 g/mol. The minimum Gasteiger partial charge on any atom is -0.371 e. The van der Waals surface area contributed by atoms with Gasteiger partial charge in [0.1, 0.15) is 0 Å². The van der Waals surface area contributed by atoms with E-state index in [1.165, 1.54) is 23.8 Å². The van der Waals surface area contributed by atoms with Crippen LogP contribution in [0.5, 0.6) is 0 Å². The maximum absolute atomic E-state index is 11.0. The molecule has 0 atom stereocenters. The van der Waals surface area contributed by atoms with Crippen LogP contribution >= 0.6 is 11.3 Å². The molecule has 0 unspecified atom stereocenters. The molecule has 2 aromatic heterocycles. The van der Waals surface area contributed by atoms with Gasteiger partial charge in [0.15, 0.2) is 5.13 Å². The number of hydrogen-bond donors (Lipinski definition) is 1. The molecule has 1 aliphatic heterocycles. The highest BCUT2D eigenvalue weighted by molar-refractivity contribution is 7.15. The largest absolute Gasteiger partial charge is 0.371 e. The van der Waals surface area contributed by atoms with Crippen molar-refractivity contribution < 1.29 is 9.53 Å². The van der Waals surface area contributed by atoms with Gasteiger partial charge in [-0.25, -0.2) is 4.98 Å². The highest BCUT2D eigenvalue weighted by Gasteiger charge is 2.27. The minimum atomic E-state index is -0.0881. The summed E-state index contributed by atoms with van der Waals surface area (Å²) in [7, 11) is 0. The Balaban J connectivity index is 1.41. The second kappa shape index (κ2) is 7.38. The molecule has 1 amide bonds. The van der Waals surface area contributed by atoms with E-state index in [-0.39, 0.29) is 12.0 Å². The third kappa shape index (κ3) is 4.59. The molecule has 0 aromatic carbocycles. The number of anilines is 1. The Bertz CT molecular complexity index is 705. The van der Waals surface area contributed by atoms with E-state index in [4.69, 9.17) is 4.74 Å². The minimum absolute atomic E-state index is 0.0881. The molecule has 128 valence electrons. The van der Waals surface area contributed by atoms with E-state index in [1.54, 1.807) is 0 Å². The average Bonchev–Trinajstić information content (AvgIpc) is 2.86. The molecule has 0 radical (unpaired) electrons. The van der Waals surface area contributed by atoms with Gasteiger partial charge < -0.3 is 10.1 Å². The van der Waals surface area contributed by atoms with Gasteiger partial charge in [-0.1, -0.05) is 0 Å². The van der Waals surface area contributed by atoms with Crippen LogP contribution in [0.15, 0.2) is 18.3 Å². The Hall–Kier alpha value is -1.83.